The molecule has 2 atom stereocenters. The van der Waals surface area contributed by atoms with E-state index < -0.39 is 29.0 Å². The van der Waals surface area contributed by atoms with Crippen LogP contribution in [0.15, 0.2) is 18.2 Å². The molecule has 112 valence electrons. The summed E-state index contributed by atoms with van der Waals surface area (Å²) in [6, 6.07) is 4.36. The van der Waals surface area contributed by atoms with Gasteiger partial charge in [0.25, 0.3) is 11.6 Å². The SMILES string of the molecule is Cc1c(NC(=O)[C@@H]2CC[C@H](C(=O)O)O2)cccc1[N+](=O)[O-]. The summed E-state index contributed by atoms with van der Waals surface area (Å²) in [5.74, 6) is -1.60. The van der Waals surface area contributed by atoms with E-state index in [1.54, 1.807) is 6.07 Å². The van der Waals surface area contributed by atoms with Crippen molar-refractivity contribution in [3.05, 3.63) is 33.9 Å². The van der Waals surface area contributed by atoms with Gasteiger partial charge in [0.1, 0.15) is 6.10 Å². The first-order chi connectivity index (χ1) is 9.90. The molecular weight excluding hydrogens is 280 g/mol. The quantitative estimate of drug-likeness (QED) is 0.641. The first-order valence-electron chi connectivity index (χ1n) is 6.33. The third kappa shape index (κ3) is 3.16. The number of ether oxygens (including phenoxy) is 1. The Labute approximate surface area is 119 Å². The second-order valence-electron chi connectivity index (χ2n) is 4.73. The smallest absolute Gasteiger partial charge is 0.332 e. The van der Waals surface area contributed by atoms with Gasteiger partial charge in [0.15, 0.2) is 6.10 Å². The Morgan fingerprint density at radius 1 is 1.38 bits per heavy atom. The molecule has 0 bridgehead atoms. The van der Waals surface area contributed by atoms with Crippen molar-refractivity contribution in [3.8, 4) is 0 Å². The summed E-state index contributed by atoms with van der Waals surface area (Å²) in [5.41, 5.74) is 0.559. The zero-order valence-corrected chi connectivity index (χ0v) is 11.2. The number of hydrogen-bond acceptors (Lipinski definition) is 5. The fourth-order valence-electron chi connectivity index (χ4n) is 2.18. The van der Waals surface area contributed by atoms with Gasteiger partial charge in [0.05, 0.1) is 16.2 Å². The van der Waals surface area contributed by atoms with Crippen LogP contribution in [0.5, 0.6) is 0 Å². The van der Waals surface area contributed by atoms with Crippen LogP contribution in [-0.2, 0) is 14.3 Å². The van der Waals surface area contributed by atoms with Gasteiger partial charge < -0.3 is 15.2 Å². The van der Waals surface area contributed by atoms with Crippen molar-refractivity contribution in [1.82, 2.24) is 0 Å². The number of benzene rings is 1. The van der Waals surface area contributed by atoms with Crippen LogP contribution >= 0.6 is 0 Å². The van der Waals surface area contributed by atoms with Gasteiger partial charge >= 0.3 is 5.97 Å². The largest absolute Gasteiger partial charge is 0.479 e. The summed E-state index contributed by atoms with van der Waals surface area (Å²) in [6.07, 6.45) is -1.27. The molecule has 0 aromatic heterocycles. The number of anilines is 1. The van der Waals surface area contributed by atoms with Gasteiger partial charge in [-0.3, -0.25) is 14.9 Å². The number of nitrogens with zero attached hydrogens (tertiary/aromatic N) is 1. The van der Waals surface area contributed by atoms with Gasteiger partial charge in [-0.05, 0) is 25.8 Å². The molecule has 21 heavy (non-hydrogen) atoms. The standard InChI is InChI=1S/C13H14N2O6/c1-7-8(3-2-4-9(7)15(19)20)14-12(16)10-5-6-11(21-10)13(17)18/h2-4,10-11H,5-6H2,1H3,(H,14,16)(H,17,18)/t10-,11+/m0/s1. The zero-order chi connectivity index (χ0) is 15.6. The molecule has 0 radical (unpaired) electrons. The third-order valence-electron chi connectivity index (χ3n) is 3.35. The molecule has 0 unspecified atom stereocenters. The second-order valence-corrected chi connectivity index (χ2v) is 4.73. The minimum absolute atomic E-state index is 0.0939. The number of nitro benzene ring substituents is 1. The Bertz CT molecular complexity index is 600. The van der Waals surface area contributed by atoms with Gasteiger partial charge in [0, 0.05) is 6.07 Å². The van der Waals surface area contributed by atoms with Crippen molar-refractivity contribution in [2.45, 2.75) is 32.0 Å². The van der Waals surface area contributed by atoms with Crippen molar-refractivity contribution in [2.75, 3.05) is 5.32 Å². The van der Waals surface area contributed by atoms with Crippen molar-refractivity contribution < 1.29 is 24.4 Å². The average Bonchev–Trinajstić information content (AvgIpc) is 2.90. The lowest BCUT2D eigenvalue weighted by molar-refractivity contribution is -0.385. The molecule has 0 saturated carbocycles. The molecule has 1 aliphatic rings. The van der Waals surface area contributed by atoms with E-state index in [-0.39, 0.29) is 12.1 Å². The van der Waals surface area contributed by atoms with Crippen LogP contribution in [0.1, 0.15) is 18.4 Å². The summed E-state index contributed by atoms with van der Waals surface area (Å²) in [7, 11) is 0. The van der Waals surface area contributed by atoms with Crippen molar-refractivity contribution in [2.24, 2.45) is 0 Å². The maximum atomic E-state index is 12.0. The number of amides is 1. The Morgan fingerprint density at radius 3 is 2.62 bits per heavy atom. The second kappa shape index (κ2) is 5.88. The van der Waals surface area contributed by atoms with Crippen molar-refractivity contribution in [3.63, 3.8) is 0 Å². The van der Waals surface area contributed by atoms with Crippen LogP contribution in [-0.4, -0.2) is 34.1 Å². The molecule has 0 spiro atoms. The molecule has 1 aliphatic heterocycles. The lowest BCUT2D eigenvalue weighted by Crippen LogP contribution is -2.30. The maximum Gasteiger partial charge on any atom is 0.332 e. The van der Waals surface area contributed by atoms with Crippen LogP contribution in [0.25, 0.3) is 0 Å². The number of carbonyl (C=O) groups is 2. The highest BCUT2D eigenvalue weighted by atomic mass is 16.6. The summed E-state index contributed by atoms with van der Waals surface area (Å²) in [6.45, 7) is 1.53. The summed E-state index contributed by atoms with van der Waals surface area (Å²) in [4.78, 5) is 33.1. The van der Waals surface area contributed by atoms with Crippen molar-refractivity contribution >= 4 is 23.3 Å². The number of rotatable bonds is 4. The number of carbonyl (C=O) groups excluding carboxylic acids is 1. The van der Waals surface area contributed by atoms with E-state index in [4.69, 9.17) is 9.84 Å². The van der Waals surface area contributed by atoms with Gasteiger partial charge in [-0.25, -0.2) is 4.79 Å². The molecule has 1 fully saturated rings. The molecule has 0 aliphatic carbocycles. The maximum absolute atomic E-state index is 12.0. The van der Waals surface area contributed by atoms with E-state index in [9.17, 15) is 19.7 Å². The Balaban J connectivity index is 2.09. The molecule has 1 heterocycles. The van der Waals surface area contributed by atoms with Crippen molar-refractivity contribution in [1.29, 1.82) is 0 Å². The van der Waals surface area contributed by atoms with E-state index in [1.165, 1.54) is 19.1 Å². The molecule has 8 nitrogen and oxygen atoms in total. The van der Waals surface area contributed by atoms with Crippen LogP contribution in [0.2, 0.25) is 0 Å². The predicted octanol–water partition coefficient (Wildman–Crippen LogP) is 1.47. The highest BCUT2D eigenvalue weighted by Gasteiger charge is 2.35. The molecule has 8 heteroatoms. The highest BCUT2D eigenvalue weighted by Crippen LogP contribution is 2.26. The number of nitro groups is 1. The Morgan fingerprint density at radius 2 is 2.05 bits per heavy atom. The van der Waals surface area contributed by atoms with Gasteiger partial charge in [-0.1, -0.05) is 6.07 Å². The highest BCUT2D eigenvalue weighted by molar-refractivity contribution is 5.95. The number of carboxylic acid groups (broad SMARTS) is 1. The molecule has 1 amide bonds. The van der Waals surface area contributed by atoms with Crippen LogP contribution in [0, 0.1) is 17.0 Å². The zero-order valence-electron chi connectivity index (χ0n) is 11.2. The predicted molar refractivity (Wildman–Crippen MR) is 72.0 cm³/mol. The summed E-state index contributed by atoms with van der Waals surface area (Å²) in [5, 5.41) is 22.2. The normalized spacial score (nSPS) is 21.0. The first kappa shape index (κ1) is 14.9. The van der Waals surface area contributed by atoms with E-state index in [1.807, 2.05) is 0 Å². The Kier molecular flexibility index (Phi) is 4.18. The third-order valence-corrected chi connectivity index (χ3v) is 3.35. The van der Waals surface area contributed by atoms with Crippen LogP contribution in [0.3, 0.4) is 0 Å². The molecule has 1 saturated heterocycles. The minimum atomic E-state index is -1.10. The average molecular weight is 294 g/mol. The minimum Gasteiger partial charge on any atom is -0.479 e. The molecule has 1 aromatic carbocycles. The van der Waals surface area contributed by atoms with E-state index in [0.717, 1.165) is 0 Å². The lowest BCUT2D eigenvalue weighted by atomic mass is 10.1. The fraction of sp³-hybridized carbons (Fsp3) is 0.385. The number of carboxylic acids is 1. The van der Waals surface area contributed by atoms with Gasteiger partial charge in [0.2, 0.25) is 0 Å². The summed E-state index contributed by atoms with van der Waals surface area (Å²) >= 11 is 0. The first-order valence-corrected chi connectivity index (χ1v) is 6.33. The lowest BCUT2D eigenvalue weighted by Gasteiger charge is -2.13. The Hall–Kier alpha value is -2.48. The monoisotopic (exact) mass is 294 g/mol. The summed E-state index contributed by atoms with van der Waals surface area (Å²) < 4.78 is 5.13. The molecule has 2 N–H and O–H groups in total. The topological polar surface area (TPSA) is 119 Å². The van der Waals surface area contributed by atoms with E-state index in [0.29, 0.717) is 17.7 Å². The molecular formula is C13H14N2O6. The van der Waals surface area contributed by atoms with Crippen LogP contribution < -0.4 is 5.32 Å². The van der Waals surface area contributed by atoms with Gasteiger partial charge in [-0.2, -0.15) is 0 Å². The fourth-order valence-corrected chi connectivity index (χ4v) is 2.18. The number of aliphatic carboxylic acids is 1. The number of hydrogen-bond donors (Lipinski definition) is 2. The number of nitrogens with one attached hydrogen (secondary N) is 1. The molecule has 1 aromatic rings. The van der Waals surface area contributed by atoms with E-state index >= 15 is 0 Å². The van der Waals surface area contributed by atoms with Gasteiger partial charge in [-0.15, -0.1) is 0 Å². The van der Waals surface area contributed by atoms with Crippen LogP contribution in [0.4, 0.5) is 11.4 Å². The molecule has 2 rings (SSSR count). The van der Waals surface area contributed by atoms with E-state index in [2.05, 4.69) is 5.32 Å².